The van der Waals surface area contributed by atoms with E-state index in [1.807, 2.05) is 18.7 Å². The number of nitrogens with one attached hydrogen (secondary N) is 1. The lowest BCUT2D eigenvalue weighted by Crippen LogP contribution is -2.26. The Balaban J connectivity index is 2.75. The number of rotatable bonds is 9. The molecule has 0 aromatic carbocycles. The van der Waals surface area contributed by atoms with Crippen LogP contribution in [0.5, 0.6) is 0 Å². The Kier molecular flexibility index (Phi) is 7.00. The Hall–Kier alpha value is -1.63. The van der Waals surface area contributed by atoms with Crippen LogP contribution in [0.25, 0.3) is 0 Å². The molecule has 1 rings (SSSR count). The zero-order chi connectivity index (χ0) is 15.0. The number of aromatic nitrogens is 3. The molecule has 0 radical (unpaired) electrons. The quantitative estimate of drug-likeness (QED) is 0.624. The van der Waals surface area contributed by atoms with Crippen LogP contribution in [0.4, 0.5) is 17.8 Å². The highest BCUT2D eigenvalue weighted by molar-refractivity contribution is 5.41. The van der Waals surface area contributed by atoms with Crippen molar-refractivity contribution in [1.82, 2.24) is 15.0 Å². The van der Waals surface area contributed by atoms with Gasteiger partial charge in [-0.3, -0.25) is 0 Å². The molecule has 0 aliphatic carbocycles. The molecule has 1 aromatic heterocycles. The summed E-state index contributed by atoms with van der Waals surface area (Å²) in [7, 11) is 0. The average Bonchev–Trinajstić information content (AvgIpc) is 2.44. The Morgan fingerprint density at radius 3 is 2.45 bits per heavy atom. The second-order valence-electron chi connectivity index (χ2n) is 4.66. The summed E-state index contributed by atoms with van der Waals surface area (Å²) in [6.07, 6.45) is 1.77. The number of hydrogen-bond donors (Lipinski definition) is 3. The molecule has 7 heteroatoms. The molecule has 0 bridgehead atoms. The van der Waals surface area contributed by atoms with Gasteiger partial charge in [-0.25, -0.2) is 0 Å². The summed E-state index contributed by atoms with van der Waals surface area (Å²) < 4.78 is 0. The maximum Gasteiger partial charge on any atom is 0.231 e. The van der Waals surface area contributed by atoms with Crippen molar-refractivity contribution in [2.24, 2.45) is 5.92 Å². The maximum absolute atomic E-state index is 8.99. The molecule has 4 N–H and O–H groups in total. The second-order valence-corrected chi connectivity index (χ2v) is 4.66. The molecule has 114 valence electrons. The van der Waals surface area contributed by atoms with Crippen LogP contribution >= 0.6 is 0 Å². The molecular formula is C13H26N6O. The molecular weight excluding hydrogens is 256 g/mol. The fourth-order valence-corrected chi connectivity index (χ4v) is 1.98. The summed E-state index contributed by atoms with van der Waals surface area (Å²) in [4.78, 5) is 14.7. The number of aliphatic hydroxyl groups is 1. The van der Waals surface area contributed by atoms with E-state index in [9.17, 15) is 0 Å². The molecule has 1 unspecified atom stereocenters. The molecule has 0 aliphatic rings. The van der Waals surface area contributed by atoms with Crippen LogP contribution in [-0.4, -0.2) is 46.3 Å². The van der Waals surface area contributed by atoms with Crippen LogP contribution in [0.2, 0.25) is 0 Å². The zero-order valence-electron chi connectivity index (χ0n) is 12.6. The van der Waals surface area contributed by atoms with E-state index >= 15 is 0 Å². The monoisotopic (exact) mass is 282 g/mol. The summed E-state index contributed by atoms with van der Waals surface area (Å²) in [6.45, 7) is 8.76. The predicted molar refractivity (Wildman–Crippen MR) is 81.8 cm³/mol. The first-order valence-electron chi connectivity index (χ1n) is 7.25. The van der Waals surface area contributed by atoms with Crippen LogP contribution in [0, 0.1) is 5.92 Å². The van der Waals surface area contributed by atoms with Crippen molar-refractivity contribution in [2.45, 2.75) is 33.6 Å². The van der Waals surface area contributed by atoms with Crippen LogP contribution < -0.4 is 16.0 Å². The van der Waals surface area contributed by atoms with Gasteiger partial charge < -0.3 is 21.1 Å². The van der Waals surface area contributed by atoms with Gasteiger partial charge in [0.25, 0.3) is 0 Å². The van der Waals surface area contributed by atoms with Gasteiger partial charge in [0.2, 0.25) is 17.8 Å². The molecule has 0 spiro atoms. The van der Waals surface area contributed by atoms with E-state index in [0.29, 0.717) is 17.8 Å². The van der Waals surface area contributed by atoms with E-state index in [0.717, 1.165) is 32.5 Å². The van der Waals surface area contributed by atoms with Crippen molar-refractivity contribution in [3.63, 3.8) is 0 Å². The Morgan fingerprint density at radius 1 is 1.20 bits per heavy atom. The number of hydrogen-bond acceptors (Lipinski definition) is 7. The molecule has 0 fully saturated rings. The third-order valence-corrected chi connectivity index (χ3v) is 3.35. The summed E-state index contributed by atoms with van der Waals surface area (Å²) in [6, 6.07) is 0. The molecule has 1 atom stereocenters. The van der Waals surface area contributed by atoms with Crippen LogP contribution in [0.1, 0.15) is 33.6 Å². The minimum atomic E-state index is 0.199. The molecule has 20 heavy (non-hydrogen) atoms. The van der Waals surface area contributed by atoms with Gasteiger partial charge in [0.1, 0.15) is 0 Å². The van der Waals surface area contributed by atoms with E-state index in [1.54, 1.807) is 0 Å². The first-order chi connectivity index (χ1) is 9.64. The number of aliphatic hydroxyl groups excluding tert-OH is 1. The minimum Gasteiger partial charge on any atom is -0.396 e. The first kappa shape index (κ1) is 16.4. The van der Waals surface area contributed by atoms with Crippen LogP contribution in [0.3, 0.4) is 0 Å². The Labute approximate surface area is 120 Å². The van der Waals surface area contributed by atoms with Crippen molar-refractivity contribution in [3.8, 4) is 0 Å². The fourth-order valence-electron chi connectivity index (χ4n) is 1.98. The molecule has 0 saturated carbocycles. The third kappa shape index (κ3) is 4.80. The number of anilines is 3. The van der Waals surface area contributed by atoms with Crippen LogP contribution in [-0.2, 0) is 0 Å². The second kappa shape index (κ2) is 8.52. The number of nitrogen functional groups attached to an aromatic ring is 1. The van der Waals surface area contributed by atoms with Gasteiger partial charge in [0.05, 0.1) is 0 Å². The van der Waals surface area contributed by atoms with Crippen molar-refractivity contribution in [1.29, 1.82) is 0 Å². The van der Waals surface area contributed by atoms with Gasteiger partial charge in [-0.2, -0.15) is 15.0 Å². The summed E-state index contributed by atoms with van der Waals surface area (Å²) >= 11 is 0. The predicted octanol–water partition coefficient (Wildman–Crippen LogP) is 1.12. The van der Waals surface area contributed by atoms with E-state index in [-0.39, 0.29) is 12.6 Å². The Bertz CT molecular complexity index is 396. The SMILES string of the molecule is CCC(CCO)CNc1nc(N)nc(N(CC)CC)n1. The van der Waals surface area contributed by atoms with Gasteiger partial charge in [-0.05, 0) is 26.2 Å². The summed E-state index contributed by atoms with van der Waals surface area (Å²) in [5.41, 5.74) is 5.74. The van der Waals surface area contributed by atoms with E-state index in [2.05, 4.69) is 27.2 Å². The van der Waals surface area contributed by atoms with E-state index < -0.39 is 0 Å². The summed E-state index contributed by atoms with van der Waals surface area (Å²) in [5, 5.41) is 12.2. The van der Waals surface area contributed by atoms with E-state index in [1.165, 1.54) is 0 Å². The lowest BCUT2D eigenvalue weighted by molar-refractivity contribution is 0.258. The van der Waals surface area contributed by atoms with Gasteiger partial charge >= 0.3 is 0 Å². The molecule has 1 heterocycles. The lowest BCUT2D eigenvalue weighted by Gasteiger charge is -2.19. The standard InChI is InChI=1S/C13H26N6O/c1-4-10(7-8-20)9-15-12-16-11(14)17-13(18-12)19(5-2)6-3/h10,20H,4-9H2,1-3H3,(H3,14,15,16,17,18). The minimum absolute atomic E-state index is 0.199. The first-order valence-corrected chi connectivity index (χ1v) is 7.25. The van der Waals surface area contributed by atoms with Crippen molar-refractivity contribution in [3.05, 3.63) is 0 Å². The topological polar surface area (TPSA) is 100 Å². The van der Waals surface area contributed by atoms with Crippen LogP contribution in [0.15, 0.2) is 0 Å². The largest absolute Gasteiger partial charge is 0.396 e. The number of nitrogens with two attached hydrogens (primary N) is 1. The fraction of sp³-hybridized carbons (Fsp3) is 0.769. The number of nitrogens with zero attached hydrogens (tertiary/aromatic N) is 4. The van der Waals surface area contributed by atoms with Gasteiger partial charge in [0, 0.05) is 26.2 Å². The molecule has 1 aromatic rings. The molecule has 7 nitrogen and oxygen atoms in total. The van der Waals surface area contributed by atoms with Crippen molar-refractivity contribution in [2.75, 3.05) is 42.2 Å². The molecule has 0 saturated heterocycles. The highest BCUT2D eigenvalue weighted by atomic mass is 16.3. The van der Waals surface area contributed by atoms with Crippen molar-refractivity contribution < 1.29 is 5.11 Å². The summed E-state index contributed by atoms with van der Waals surface area (Å²) in [5.74, 6) is 1.71. The molecule has 0 aliphatic heterocycles. The van der Waals surface area contributed by atoms with Gasteiger partial charge in [-0.1, -0.05) is 13.3 Å². The zero-order valence-corrected chi connectivity index (χ0v) is 12.6. The normalized spacial score (nSPS) is 12.2. The van der Waals surface area contributed by atoms with E-state index in [4.69, 9.17) is 10.8 Å². The van der Waals surface area contributed by atoms with Crippen molar-refractivity contribution >= 4 is 17.8 Å². The lowest BCUT2D eigenvalue weighted by atomic mass is 10.0. The average molecular weight is 282 g/mol. The highest BCUT2D eigenvalue weighted by Crippen LogP contribution is 2.13. The smallest absolute Gasteiger partial charge is 0.231 e. The third-order valence-electron chi connectivity index (χ3n) is 3.35. The van der Waals surface area contributed by atoms with Gasteiger partial charge in [-0.15, -0.1) is 0 Å². The molecule has 0 amide bonds. The van der Waals surface area contributed by atoms with Gasteiger partial charge in [0.15, 0.2) is 0 Å². The highest BCUT2D eigenvalue weighted by Gasteiger charge is 2.11. The Morgan fingerprint density at radius 2 is 1.90 bits per heavy atom. The maximum atomic E-state index is 8.99.